The fourth-order valence-corrected chi connectivity index (χ4v) is 12.7. The zero-order valence-corrected chi connectivity index (χ0v) is 41.3. The van der Waals surface area contributed by atoms with Gasteiger partial charge in [0.15, 0.2) is 11.3 Å². The van der Waals surface area contributed by atoms with Gasteiger partial charge in [0.1, 0.15) is 22.8 Å². The number of fused-ring (bicyclic) bond motifs is 16. The van der Waals surface area contributed by atoms with Gasteiger partial charge in [-0.05, 0) is 99.1 Å². The van der Waals surface area contributed by atoms with E-state index in [1.165, 1.54) is 47.7 Å². The summed E-state index contributed by atoms with van der Waals surface area (Å²) in [5.74, 6) is 3.25. The van der Waals surface area contributed by atoms with Gasteiger partial charge in [0, 0.05) is 59.4 Å². The van der Waals surface area contributed by atoms with Crippen LogP contribution in [0.1, 0.15) is 79.0 Å². The highest BCUT2D eigenvalue weighted by Crippen LogP contribution is 2.49. The van der Waals surface area contributed by atoms with Gasteiger partial charge in [0.2, 0.25) is 0 Å². The van der Waals surface area contributed by atoms with Gasteiger partial charge < -0.3 is 23.0 Å². The summed E-state index contributed by atoms with van der Waals surface area (Å²) in [6.07, 6.45) is 0. The average molecular weight is 915 g/mol. The summed E-state index contributed by atoms with van der Waals surface area (Å²) in [7, 11) is 0. The van der Waals surface area contributed by atoms with Crippen LogP contribution in [0.3, 0.4) is 0 Å². The van der Waals surface area contributed by atoms with Crippen LogP contribution in [-0.2, 0) is 16.2 Å². The Balaban J connectivity index is 1.10. The normalized spacial score (nSPS) is 13.8. The molecule has 0 unspecified atom stereocenters. The lowest BCUT2D eigenvalue weighted by atomic mass is 9.37. The summed E-state index contributed by atoms with van der Waals surface area (Å²) in [6.45, 7) is 20.5. The second kappa shape index (κ2) is 13.7. The van der Waals surface area contributed by atoms with E-state index in [4.69, 9.17) is 13.9 Å². The van der Waals surface area contributed by atoms with Crippen molar-refractivity contribution < 1.29 is 13.9 Å². The Bertz CT molecular complexity index is 4090. The van der Waals surface area contributed by atoms with Gasteiger partial charge >= 0.3 is 0 Å². The Hall–Kier alpha value is -7.22. The number of para-hydroxylation sites is 3. The second-order valence-corrected chi connectivity index (χ2v) is 23.6. The van der Waals surface area contributed by atoms with Gasteiger partial charge in [-0.3, -0.25) is 0 Å². The molecular weight excluding hydrogens is 864 g/mol. The zero-order chi connectivity index (χ0) is 47.0. The maximum Gasteiger partial charge on any atom is 0.273 e. The minimum atomic E-state index is -0.199. The fraction of sp³-hybridized carbons (Fsp3) is 0.194. The summed E-state index contributed by atoms with van der Waals surface area (Å²) >= 11 is 1.83. The molecule has 4 aromatic heterocycles. The zero-order valence-electron chi connectivity index (χ0n) is 40.5. The summed E-state index contributed by atoms with van der Waals surface area (Å²) in [6, 6.07) is 53.8. The van der Waals surface area contributed by atoms with Gasteiger partial charge in [0.05, 0.1) is 38.8 Å². The van der Waals surface area contributed by atoms with Crippen LogP contribution in [0.25, 0.3) is 87.0 Å². The predicted molar refractivity (Wildman–Crippen MR) is 292 cm³/mol. The number of rotatable bonds is 2. The first-order valence-corrected chi connectivity index (χ1v) is 25.1. The minimum absolute atomic E-state index is 0.0212. The van der Waals surface area contributed by atoms with E-state index in [-0.39, 0.29) is 23.0 Å². The molecule has 0 bridgehead atoms. The van der Waals surface area contributed by atoms with Crippen LogP contribution >= 0.6 is 11.3 Å². The number of ether oxygens (including phenoxy) is 2. The molecular formula is C62H51BN2O3S. The van der Waals surface area contributed by atoms with Crippen LogP contribution in [0.2, 0.25) is 0 Å². The minimum Gasteiger partial charge on any atom is -0.457 e. The third-order valence-corrected chi connectivity index (χ3v) is 16.3. The number of hydrogen-bond acceptors (Lipinski definition) is 4. The van der Waals surface area contributed by atoms with Crippen molar-refractivity contribution in [1.29, 1.82) is 0 Å². The topological polar surface area (TPSA) is 41.5 Å². The van der Waals surface area contributed by atoms with E-state index < -0.39 is 0 Å². The van der Waals surface area contributed by atoms with Gasteiger partial charge in [-0.25, -0.2) is 0 Å². The van der Waals surface area contributed by atoms with E-state index in [1.807, 2.05) is 11.3 Å². The number of furan rings is 1. The number of aromatic nitrogens is 2. The summed E-state index contributed by atoms with van der Waals surface area (Å²) in [4.78, 5) is 0. The molecule has 0 aliphatic carbocycles. The molecule has 0 radical (unpaired) electrons. The number of nitrogens with zero attached hydrogens (tertiary/aromatic N) is 2. The van der Waals surface area contributed by atoms with E-state index in [2.05, 4.69) is 217 Å². The molecule has 0 spiro atoms. The summed E-state index contributed by atoms with van der Waals surface area (Å²) < 4.78 is 29.2. The molecule has 8 aromatic carbocycles. The van der Waals surface area contributed by atoms with Crippen LogP contribution < -0.4 is 25.2 Å². The van der Waals surface area contributed by atoms with Crippen molar-refractivity contribution in [3.8, 4) is 34.4 Å². The number of thiophene rings is 1. The van der Waals surface area contributed by atoms with Crippen molar-refractivity contribution >= 4 is 109 Å². The molecule has 69 heavy (non-hydrogen) atoms. The highest BCUT2D eigenvalue weighted by Gasteiger charge is 2.45. The first-order chi connectivity index (χ1) is 33.1. The molecule has 5 nitrogen and oxygen atoms in total. The molecule has 0 saturated heterocycles. The first kappa shape index (κ1) is 40.8. The van der Waals surface area contributed by atoms with E-state index in [9.17, 15) is 0 Å². The molecule has 0 N–H and O–H groups in total. The Morgan fingerprint density at radius 2 is 0.971 bits per heavy atom. The van der Waals surface area contributed by atoms with E-state index in [0.29, 0.717) is 0 Å². The molecule has 14 rings (SSSR count). The predicted octanol–water partition coefficient (Wildman–Crippen LogP) is 15.6. The molecule has 0 fully saturated rings. The van der Waals surface area contributed by atoms with Gasteiger partial charge in [-0.2, -0.15) is 0 Å². The third-order valence-electron chi connectivity index (χ3n) is 15.1. The van der Waals surface area contributed by atoms with Crippen molar-refractivity contribution in [1.82, 2.24) is 9.13 Å². The van der Waals surface area contributed by atoms with Crippen molar-refractivity contribution in [2.75, 3.05) is 0 Å². The first-order valence-electron chi connectivity index (χ1n) is 24.3. The molecule has 12 aromatic rings. The SMILES string of the molecule is CC(C)(C)c1ccc2sc3c(c2c1)Oc1cc(-n2c4ccccc4c4ccccc42)cc2c1B3c1cc(-n3c4ccc(C(C)(C)C)cc4c4cc(C(C)(C)C)ccc43)c3c(oc4ccccc43)c1O2. The Kier molecular flexibility index (Phi) is 8.12. The summed E-state index contributed by atoms with van der Waals surface area (Å²) in [5, 5.41) is 8.13. The largest absolute Gasteiger partial charge is 0.457 e. The van der Waals surface area contributed by atoms with Crippen LogP contribution in [0, 0.1) is 0 Å². The Labute approximate surface area is 405 Å². The van der Waals surface area contributed by atoms with Gasteiger partial charge in [-0.15, -0.1) is 11.3 Å². The lowest BCUT2D eigenvalue weighted by Gasteiger charge is -2.32. The van der Waals surface area contributed by atoms with Crippen molar-refractivity contribution in [3.63, 3.8) is 0 Å². The molecule has 0 amide bonds. The van der Waals surface area contributed by atoms with Crippen molar-refractivity contribution in [2.45, 2.75) is 78.6 Å². The fourth-order valence-electron chi connectivity index (χ4n) is 11.5. The molecule has 7 heteroatoms. The standard InChI is InChI=1S/C62H51BN2O3S/c1-60(2,3)34-22-25-47-41(28-34)42-29-35(61(4,5)6)23-26-48(42)65(47)49-33-44-57(58-54(49)40-18-12-15-21-50(40)66-58)68-52-32-37(64-45-19-13-10-16-38(45)39-17-11-14-20-46(39)64)31-51-55(52)63(44)59-56(67-51)43-30-36(62(7,8)9)24-27-53(43)69-59/h10-33H,1-9H3. The van der Waals surface area contributed by atoms with Gasteiger partial charge in [0.25, 0.3) is 6.71 Å². The molecule has 2 aliphatic rings. The monoisotopic (exact) mass is 914 g/mol. The Morgan fingerprint density at radius 1 is 0.464 bits per heavy atom. The van der Waals surface area contributed by atoms with Crippen molar-refractivity contribution in [2.24, 2.45) is 0 Å². The van der Waals surface area contributed by atoms with E-state index in [1.54, 1.807) is 0 Å². The average Bonchev–Trinajstić information content (AvgIpc) is 4.08. The second-order valence-electron chi connectivity index (χ2n) is 22.5. The van der Waals surface area contributed by atoms with Crippen LogP contribution in [-0.4, -0.2) is 15.8 Å². The maximum absolute atomic E-state index is 7.44. The molecule has 0 atom stereocenters. The Morgan fingerprint density at radius 3 is 1.57 bits per heavy atom. The molecule has 2 aliphatic heterocycles. The van der Waals surface area contributed by atoms with Crippen LogP contribution in [0.5, 0.6) is 23.0 Å². The molecule has 6 heterocycles. The van der Waals surface area contributed by atoms with Crippen LogP contribution in [0.4, 0.5) is 0 Å². The third kappa shape index (κ3) is 5.77. The lowest BCUT2D eigenvalue weighted by Crippen LogP contribution is -2.56. The number of benzene rings is 8. The smallest absolute Gasteiger partial charge is 0.273 e. The highest BCUT2D eigenvalue weighted by atomic mass is 32.1. The van der Waals surface area contributed by atoms with Crippen molar-refractivity contribution in [3.05, 3.63) is 162 Å². The van der Waals surface area contributed by atoms with Crippen LogP contribution in [0.15, 0.2) is 150 Å². The summed E-state index contributed by atoms with van der Waals surface area (Å²) in [5.41, 5.74) is 14.1. The maximum atomic E-state index is 7.44. The van der Waals surface area contributed by atoms with E-state index in [0.717, 1.165) is 94.7 Å². The number of hydrogen-bond donors (Lipinski definition) is 0. The highest BCUT2D eigenvalue weighted by molar-refractivity contribution is 7.33. The molecule has 336 valence electrons. The quantitative estimate of drug-likeness (QED) is 0.162. The van der Waals surface area contributed by atoms with Gasteiger partial charge in [-0.1, -0.05) is 135 Å². The molecule has 0 saturated carbocycles. The van der Waals surface area contributed by atoms with E-state index >= 15 is 0 Å². The lowest BCUT2D eigenvalue weighted by molar-refractivity contribution is 0.464.